The van der Waals surface area contributed by atoms with E-state index in [1.807, 2.05) is 0 Å². The van der Waals surface area contributed by atoms with Crippen LogP contribution < -0.4 is 0 Å². The van der Waals surface area contributed by atoms with Crippen LogP contribution in [0.4, 0.5) is 0 Å². The molecule has 0 aliphatic rings. The third-order valence-electron chi connectivity index (χ3n) is 17.3. The molecule has 0 bridgehead atoms. The molecule has 2 unspecified atom stereocenters. The summed E-state index contributed by atoms with van der Waals surface area (Å²) in [5.41, 5.74) is 0. The Labute approximate surface area is 448 Å². The molecule has 0 amide bonds. The van der Waals surface area contributed by atoms with Gasteiger partial charge in [-0.15, -0.1) is 0 Å². The Morgan fingerprint density at radius 3 is 0.400 bits per heavy atom. The lowest BCUT2D eigenvalue weighted by molar-refractivity contribution is 0.362. The van der Waals surface area contributed by atoms with E-state index >= 15 is 0 Å². The van der Waals surface area contributed by atoms with Gasteiger partial charge >= 0.3 is 0 Å². The Kier molecular flexibility index (Phi) is 65.1. The van der Waals surface area contributed by atoms with Crippen LogP contribution in [0.5, 0.6) is 0 Å². The lowest BCUT2D eigenvalue weighted by Gasteiger charge is -2.17. The number of hydrogen-bond acceptors (Lipinski definition) is 0. The summed E-state index contributed by atoms with van der Waals surface area (Å²) in [5.74, 6) is 1.98. The summed E-state index contributed by atoms with van der Waals surface area (Å²) < 4.78 is 0. The van der Waals surface area contributed by atoms with Crippen molar-refractivity contribution in [2.45, 2.75) is 439 Å². The minimum atomic E-state index is 0.952. The van der Waals surface area contributed by atoms with Crippen molar-refractivity contribution in [3.8, 4) is 0 Å². The fourth-order valence-corrected chi connectivity index (χ4v) is 12.1. The van der Waals surface area contributed by atoms with Crippen LogP contribution in [0.2, 0.25) is 0 Å². The molecule has 0 aromatic rings. The largest absolute Gasteiger partial charge is 0.0654 e. The molecular weight excluding hydrogens is 841 g/mol. The first-order valence-electron chi connectivity index (χ1n) is 34.7. The molecule has 2 atom stereocenters. The van der Waals surface area contributed by atoms with E-state index in [9.17, 15) is 0 Å². The van der Waals surface area contributed by atoms with E-state index in [1.54, 1.807) is 0 Å². The minimum absolute atomic E-state index is 0.952. The molecule has 422 valence electrons. The van der Waals surface area contributed by atoms with Gasteiger partial charge in [0.25, 0.3) is 0 Å². The highest BCUT2D eigenvalue weighted by molar-refractivity contribution is 4.64. The molecule has 0 N–H and O–H groups in total. The summed E-state index contributed by atoms with van der Waals surface area (Å²) in [4.78, 5) is 0. The number of rotatable bonds is 65. The predicted octanol–water partition coefficient (Wildman–Crippen LogP) is 27.3. The highest BCUT2D eigenvalue weighted by Gasteiger charge is 2.10. The van der Waals surface area contributed by atoms with E-state index in [0.29, 0.717) is 0 Å². The monoisotopic (exact) mass is 983 g/mol. The fourth-order valence-electron chi connectivity index (χ4n) is 12.1. The Morgan fingerprint density at radius 2 is 0.257 bits per heavy atom. The topological polar surface area (TPSA) is 0 Å². The lowest BCUT2D eigenvalue weighted by atomic mass is 9.89. The van der Waals surface area contributed by atoms with Gasteiger partial charge in [-0.05, 0) is 11.8 Å². The lowest BCUT2D eigenvalue weighted by Crippen LogP contribution is -2.02. The van der Waals surface area contributed by atoms with E-state index < -0.39 is 0 Å². The van der Waals surface area contributed by atoms with Crippen molar-refractivity contribution in [3.05, 3.63) is 0 Å². The van der Waals surface area contributed by atoms with Gasteiger partial charge in [0.05, 0.1) is 0 Å². The standard InChI is InChI=1S/C70H142/c1-5-8-11-14-17-20-23-26-29-32-34-35-36-38-41-44-47-50-53-56-62-67-70(66-61-55-52-49-46-43-40-37-33-30-27-24-21-18-15-12-9-6-2)68-63-58-57-60-65-69(4)64-59-54-51-48-45-42-39-31-28-25-22-19-16-13-10-7-3/h69-70H,5-68H2,1-4H3. The molecule has 0 spiro atoms. The predicted molar refractivity (Wildman–Crippen MR) is 325 cm³/mol. The van der Waals surface area contributed by atoms with E-state index in [4.69, 9.17) is 0 Å². The Balaban J connectivity index is 4.04. The molecule has 0 saturated carbocycles. The van der Waals surface area contributed by atoms with Gasteiger partial charge in [0.2, 0.25) is 0 Å². The van der Waals surface area contributed by atoms with Gasteiger partial charge in [0.15, 0.2) is 0 Å². The van der Waals surface area contributed by atoms with Crippen LogP contribution >= 0.6 is 0 Å². The number of hydrogen-bond donors (Lipinski definition) is 0. The van der Waals surface area contributed by atoms with Gasteiger partial charge in [0, 0.05) is 0 Å². The average Bonchev–Trinajstić information content (AvgIpc) is 3.37. The molecule has 0 aliphatic carbocycles. The van der Waals surface area contributed by atoms with Crippen LogP contribution in [-0.4, -0.2) is 0 Å². The zero-order valence-corrected chi connectivity index (χ0v) is 50.4. The molecule has 0 heteroatoms. The van der Waals surface area contributed by atoms with Gasteiger partial charge in [-0.2, -0.15) is 0 Å². The van der Waals surface area contributed by atoms with E-state index in [1.165, 1.54) is 411 Å². The maximum absolute atomic E-state index is 2.56. The maximum atomic E-state index is 2.56. The van der Waals surface area contributed by atoms with Crippen molar-refractivity contribution in [1.29, 1.82) is 0 Å². The van der Waals surface area contributed by atoms with E-state index in [0.717, 1.165) is 11.8 Å². The maximum Gasteiger partial charge on any atom is -0.0414 e. The molecule has 70 heavy (non-hydrogen) atoms. The molecule has 0 rings (SSSR count). The average molecular weight is 984 g/mol. The van der Waals surface area contributed by atoms with Gasteiger partial charge in [-0.25, -0.2) is 0 Å². The normalized spacial score (nSPS) is 12.7. The molecule has 0 aromatic carbocycles. The van der Waals surface area contributed by atoms with Crippen molar-refractivity contribution < 1.29 is 0 Å². The van der Waals surface area contributed by atoms with Gasteiger partial charge < -0.3 is 0 Å². The molecule has 0 aromatic heterocycles. The second kappa shape index (κ2) is 65.1. The van der Waals surface area contributed by atoms with Crippen LogP contribution in [0.15, 0.2) is 0 Å². The number of unbranched alkanes of at least 4 members (excludes halogenated alkanes) is 55. The minimum Gasteiger partial charge on any atom is -0.0654 e. The summed E-state index contributed by atoms with van der Waals surface area (Å²) in [7, 11) is 0. The molecule has 0 fully saturated rings. The molecule has 0 nitrogen and oxygen atoms in total. The van der Waals surface area contributed by atoms with Crippen LogP contribution in [0, 0.1) is 11.8 Å². The third-order valence-corrected chi connectivity index (χ3v) is 17.3. The van der Waals surface area contributed by atoms with Gasteiger partial charge in [-0.3, -0.25) is 0 Å². The van der Waals surface area contributed by atoms with Crippen molar-refractivity contribution in [2.75, 3.05) is 0 Å². The molecule has 0 radical (unpaired) electrons. The van der Waals surface area contributed by atoms with Crippen molar-refractivity contribution in [3.63, 3.8) is 0 Å². The Morgan fingerprint density at radius 1 is 0.143 bits per heavy atom. The second-order valence-corrected chi connectivity index (χ2v) is 24.7. The molecule has 0 heterocycles. The summed E-state index contributed by atoms with van der Waals surface area (Å²) in [6, 6.07) is 0. The zero-order valence-electron chi connectivity index (χ0n) is 50.4. The first-order valence-corrected chi connectivity index (χ1v) is 34.7. The smallest absolute Gasteiger partial charge is 0.0414 e. The highest BCUT2D eigenvalue weighted by Crippen LogP contribution is 2.26. The first kappa shape index (κ1) is 70.0. The fraction of sp³-hybridized carbons (Fsp3) is 1.00. The SMILES string of the molecule is CCCCCCCCCCCCCCCCCCCCCCCC(CCCCCCCCCCCCCCCCCCCC)CCCCCCC(C)CCCCCCCCCCCCCCCCCC. The Hall–Kier alpha value is 0. The zero-order chi connectivity index (χ0) is 50.4. The second-order valence-electron chi connectivity index (χ2n) is 24.7. The summed E-state index contributed by atoms with van der Waals surface area (Å²) in [6.45, 7) is 9.52. The van der Waals surface area contributed by atoms with Crippen molar-refractivity contribution in [2.24, 2.45) is 11.8 Å². The summed E-state index contributed by atoms with van der Waals surface area (Å²) >= 11 is 0. The van der Waals surface area contributed by atoms with E-state index in [-0.39, 0.29) is 0 Å². The first-order chi connectivity index (χ1) is 34.7. The molecule has 0 aliphatic heterocycles. The summed E-state index contributed by atoms with van der Waals surface area (Å²) in [5, 5.41) is 0. The van der Waals surface area contributed by atoms with Crippen LogP contribution in [0.1, 0.15) is 439 Å². The highest BCUT2D eigenvalue weighted by atomic mass is 14.2. The van der Waals surface area contributed by atoms with Crippen LogP contribution in [0.25, 0.3) is 0 Å². The molecule has 0 saturated heterocycles. The van der Waals surface area contributed by atoms with E-state index in [2.05, 4.69) is 27.7 Å². The quantitative estimate of drug-likeness (QED) is 0.0533. The van der Waals surface area contributed by atoms with Gasteiger partial charge in [0.1, 0.15) is 0 Å². The van der Waals surface area contributed by atoms with Crippen molar-refractivity contribution in [1.82, 2.24) is 0 Å². The molecular formula is C70H142. The van der Waals surface area contributed by atoms with Gasteiger partial charge in [-0.1, -0.05) is 439 Å². The summed E-state index contributed by atoms with van der Waals surface area (Å²) in [6.07, 6.45) is 95.2. The van der Waals surface area contributed by atoms with Crippen LogP contribution in [-0.2, 0) is 0 Å². The Bertz CT molecular complexity index is 858. The van der Waals surface area contributed by atoms with Crippen LogP contribution in [0.3, 0.4) is 0 Å². The third kappa shape index (κ3) is 62.3. The van der Waals surface area contributed by atoms with Crippen molar-refractivity contribution >= 4 is 0 Å².